The summed E-state index contributed by atoms with van der Waals surface area (Å²) >= 11 is 7.80. The van der Waals surface area contributed by atoms with Crippen molar-refractivity contribution < 1.29 is 4.79 Å². The maximum atomic E-state index is 12.8. The van der Waals surface area contributed by atoms with Crippen LogP contribution in [0.5, 0.6) is 0 Å². The number of hydrogen-bond donors (Lipinski definition) is 1. The quantitative estimate of drug-likeness (QED) is 0.543. The van der Waals surface area contributed by atoms with Crippen LogP contribution in [-0.2, 0) is 30.7 Å². The molecule has 4 aromatic rings. The van der Waals surface area contributed by atoms with Crippen LogP contribution < -0.4 is 11.0 Å². The first-order valence-electron chi connectivity index (χ1n) is 9.50. The normalized spacial score (nSPS) is 13.7. The van der Waals surface area contributed by atoms with E-state index in [4.69, 9.17) is 11.6 Å². The third-order valence-corrected chi connectivity index (χ3v) is 6.83. The Bertz CT molecular complexity index is 1310. The Kier molecular flexibility index (Phi) is 4.60. The summed E-state index contributed by atoms with van der Waals surface area (Å²) in [6.07, 6.45) is 5.86. The van der Waals surface area contributed by atoms with Crippen LogP contribution in [0.15, 0.2) is 35.4 Å². The van der Waals surface area contributed by atoms with Crippen LogP contribution in [0, 0.1) is 0 Å². The lowest BCUT2D eigenvalue weighted by Crippen LogP contribution is -2.32. The Labute approximate surface area is 174 Å². The molecule has 9 heteroatoms. The van der Waals surface area contributed by atoms with Gasteiger partial charge in [0.2, 0.25) is 5.91 Å². The molecule has 0 saturated carbocycles. The molecule has 0 unspecified atom stereocenters. The van der Waals surface area contributed by atoms with Crippen molar-refractivity contribution in [3.63, 3.8) is 0 Å². The predicted octanol–water partition coefficient (Wildman–Crippen LogP) is 2.95. The van der Waals surface area contributed by atoms with Crippen molar-refractivity contribution in [2.24, 2.45) is 0 Å². The Balaban J connectivity index is 1.44. The van der Waals surface area contributed by atoms with Crippen LogP contribution >= 0.6 is 22.9 Å². The lowest BCUT2D eigenvalue weighted by atomic mass is 9.97. The number of aryl methyl sites for hydroxylation is 2. The average molecular weight is 428 g/mol. The minimum absolute atomic E-state index is 0.154. The van der Waals surface area contributed by atoms with Crippen molar-refractivity contribution in [3.05, 3.63) is 62.1 Å². The van der Waals surface area contributed by atoms with E-state index in [0.717, 1.165) is 35.0 Å². The molecule has 1 amide bonds. The minimum atomic E-state index is -0.363. The molecule has 0 bridgehead atoms. The van der Waals surface area contributed by atoms with Crippen molar-refractivity contribution in [1.29, 1.82) is 0 Å². The highest BCUT2D eigenvalue weighted by molar-refractivity contribution is 7.19. The standard InChI is InChI=1S/C20H18ClN5O2S/c21-14-7-3-1-5-12(14)9-22-16(27)10-26-20(28)25-11-23-19-17(18(25)24-26)13-6-2-4-8-15(13)29-19/h1,3,5,7,11H,2,4,6,8-10H2,(H,22,27). The van der Waals surface area contributed by atoms with E-state index >= 15 is 0 Å². The van der Waals surface area contributed by atoms with Gasteiger partial charge >= 0.3 is 5.69 Å². The molecule has 7 nitrogen and oxygen atoms in total. The number of halogens is 1. The Morgan fingerprint density at radius 3 is 2.93 bits per heavy atom. The fourth-order valence-corrected chi connectivity index (χ4v) is 5.23. The van der Waals surface area contributed by atoms with Crippen molar-refractivity contribution in [3.8, 4) is 0 Å². The molecular formula is C20H18ClN5O2S. The third kappa shape index (κ3) is 3.22. The number of nitrogens with one attached hydrogen (secondary N) is 1. The summed E-state index contributed by atoms with van der Waals surface area (Å²) in [5.41, 5.74) is 2.30. The Morgan fingerprint density at radius 1 is 1.24 bits per heavy atom. The lowest BCUT2D eigenvalue weighted by Gasteiger charge is -2.09. The highest BCUT2D eigenvalue weighted by atomic mass is 35.5. The number of carbonyl (C=O) groups excluding carboxylic acids is 1. The van der Waals surface area contributed by atoms with Crippen LogP contribution in [0.3, 0.4) is 0 Å². The molecule has 3 aromatic heterocycles. The fraction of sp³-hybridized carbons (Fsp3) is 0.300. The summed E-state index contributed by atoms with van der Waals surface area (Å²) in [5, 5.41) is 8.83. The van der Waals surface area contributed by atoms with Gasteiger partial charge in [0.05, 0.1) is 5.39 Å². The minimum Gasteiger partial charge on any atom is -0.350 e. The van der Waals surface area contributed by atoms with Gasteiger partial charge in [-0.15, -0.1) is 16.4 Å². The molecular weight excluding hydrogens is 410 g/mol. The molecule has 1 aromatic carbocycles. The number of rotatable bonds is 4. The first-order chi connectivity index (χ1) is 14.1. The molecule has 29 heavy (non-hydrogen) atoms. The van der Waals surface area contributed by atoms with Crippen LogP contribution in [0.25, 0.3) is 15.9 Å². The van der Waals surface area contributed by atoms with E-state index in [1.807, 2.05) is 18.2 Å². The lowest BCUT2D eigenvalue weighted by molar-refractivity contribution is -0.122. The van der Waals surface area contributed by atoms with E-state index in [0.29, 0.717) is 17.2 Å². The molecule has 1 N–H and O–H groups in total. The van der Waals surface area contributed by atoms with Gasteiger partial charge in [-0.3, -0.25) is 4.79 Å². The van der Waals surface area contributed by atoms with Gasteiger partial charge in [-0.05, 0) is 42.9 Å². The number of nitrogens with zero attached hydrogens (tertiary/aromatic N) is 4. The molecule has 0 spiro atoms. The Morgan fingerprint density at radius 2 is 2.07 bits per heavy atom. The molecule has 148 valence electrons. The van der Waals surface area contributed by atoms with Crippen molar-refractivity contribution in [2.75, 3.05) is 0 Å². The maximum Gasteiger partial charge on any atom is 0.352 e. The zero-order valence-electron chi connectivity index (χ0n) is 15.5. The maximum absolute atomic E-state index is 12.8. The van der Waals surface area contributed by atoms with Crippen LogP contribution in [0.1, 0.15) is 28.8 Å². The summed E-state index contributed by atoms with van der Waals surface area (Å²) < 4.78 is 2.64. The smallest absolute Gasteiger partial charge is 0.350 e. The SMILES string of the molecule is O=C(Cn1nc2c3c4c(sc3ncn2c1=O)CCCC4)NCc1ccccc1Cl. The molecule has 0 fully saturated rings. The average Bonchev–Trinajstić information content (AvgIpc) is 3.25. The Hall–Kier alpha value is -2.71. The number of fused-ring (bicyclic) bond motifs is 5. The van der Waals surface area contributed by atoms with Gasteiger partial charge in [-0.2, -0.15) is 0 Å². The van der Waals surface area contributed by atoms with E-state index in [1.54, 1.807) is 17.4 Å². The summed E-state index contributed by atoms with van der Waals surface area (Å²) in [6.45, 7) is 0.142. The van der Waals surface area contributed by atoms with E-state index < -0.39 is 0 Å². The van der Waals surface area contributed by atoms with Crippen molar-refractivity contribution in [2.45, 2.75) is 38.8 Å². The monoisotopic (exact) mass is 427 g/mol. The van der Waals surface area contributed by atoms with Gasteiger partial charge in [0.15, 0.2) is 5.65 Å². The fourth-order valence-electron chi connectivity index (χ4n) is 3.81. The zero-order valence-corrected chi connectivity index (χ0v) is 17.1. The number of aromatic nitrogens is 4. The largest absolute Gasteiger partial charge is 0.352 e. The van der Waals surface area contributed by atoms with E-state index in [-0.39, 0.29) is 18.1 Å². The van der Waals surface area contributed by atoms with Gasteiger partial charge in [0, 0.05) is 16.4 Å². The second-order valence-corrected chi connectivity index (χ2v) is 8.63. The molecule has 3 heterocycles. The van der Waals surface area contributed by atoms with Crippen molar-refractivity contribution >= 4 is 44.7 Å². The molecule has 1 aliphatic rings. The summed E-state index contributed by atoms with van der Waals surface area (Å²) in [5.74, 6) is -0.299. The second kappa shape index (κ2) is 7.27. The summed E-state index contributed by atoms with van der Waals surface area (Å²) in [4.78, 5) is 31.9. The van der Waals surface area contributed by atoms with Gasteiger partial charge in [-0.25, -0.2) is 18.9 Å². The van der Waals surface area contributed by atoms with E-state index in [2.05, 4.69) is 15.4 Å². The van der Waals surface area contributed by atoms with E-state index in [1.165, 1.54) is 32.3 Å². The highest BCUT2D eigenvalue weighted by Crippen LogP contribution is 2.36. The van der Waals surface area contributed by atoms with E-state index in [9.17, 15) is 9.59 Å². The number of thiophene rings is 1. The third-order valence-electron chi connectivity index (χ3n) is 5.26. The van der Waals surface area contributed by atoms with Crippen LogP contribution in [-0.4, -0.2) is 25.1 Å². The van der Waals surface area contributed by atoms with Crippen molar-refractivity contribution in [1.82, 2.24) is 24.5 Å². The molecule has 0 radical (unpaired) electrons. The molecule has 1 aliphatic carbocycles. The summed E-state index contributed by atoms with van der Waals surface area (Å²) in [6, 6.07) is 7.32. The summed E-state index contributed by atoms with van der Waals surface area (Å²) in [7, 11) is 0. The highest BCUT2D eigenvalue weighted by Gasteiger charge is 2.22. The van der Waals surface area contributed by atoms with Gasteiger partial charge in [0.25, 0.3) is 0 Å². The number of benzene rings is 1. The van der Waals surface area contributed by atoms with Gasteiger partial charge < -0.3 is 5.32 Å². The zero-order chi connectivity index (χ0) is 20.0. The molecule has 5 rings (SSSR count). The predicted molar refractivity (Wildman–Crippen MR) is 113 cm³/mol. The second-order valence-electron chi connectivity index (χ2n) is 7.14. The molecule has 0 atom stereocenters. The number of hydrogen-bond acceptors (Lipinski definition) is 5. The number of amides is 1. The number of carbonyl (C=O) groups is 1. The molecule has 0 aliphatic heterocycles. The van der Waals surface area contributed by atoms with Gasteiger partial charge in [-0.1, -0.05) is 29.8 Å². The van der Waals surface area contributed by atoms with Gasteiger partial charge in [0.1, 0.15) is 17.7 Å². The molecule has 0 saturated heterocycles. The van der Waals surface area contributed by atoms with Crippen LogP contribution in [0.2, 0.25) is 5.02 Å². The first kappa shape index (κ1) is 18.3. The first-order valence-corrected chi connectivity index (χ1v) is 10.7. The van der Waals surface area contributed by atoms with Crippen LogP contribution in [0.4, 0.5) is 0 Å². The topological polar surface area (TPSA) is 81.3 Å².